The summed E-state index contributed by atoms with van der Waals surface area (Å²) in [5.74, 6) is -2.23. The summed E-state index contributed by atoms with van der Waals surface area (Å²) in [6, 6.07) is 29.5. The lowest BCUT2D eigenvalue weighted by atomic mass is 9.88. The van der Waals surface area contributed by atoms with Crippen molar-refractivity contribution in [2.24, 2.45) is 5.73 Å². The van der Waals surface area contributed by atoms with Crippen LogP contribution in [0.15, 0.2) is 109 Å². The van der Waals surface area contributed by atoms with E-state index in [9.17, 15) is 24.9 Å². The zero-order valence-electron chi connectivity index (χ0n) is 25.5. The van der Waals surface area contributed by atoms with E-state index < -0.39 is 24.0 Å². The molecule has 0 aromatic heterocycles. The Morgan fingerprint density at radius 3 is 1.58 bits per heavy atom. The van der Waals surface area contributed by atoms with Crippen LogP contribution in [-0.4, -0.2) is 55.5 Å². The molecular formula is C36H40N4O5. The van der Waals surface area contributed by atoms with E-state index in [0.29, 0.717) is 12.0 Å². The summed E-state index contributed by atoms with van der Waals surface area (Å²) in [6.07, 6.45) is 0.429. The number of carboxylic acids is 1. The second-order valence-corrected chi connectivity index (χ2v) is 11.1. The van der Waals surface area contributed by atoms with Crippen molar-refractivity contribution in [2.75, 3.05) is 6.54 Å². The van der Waals surface area contributed by atoms with Crippen LogP contribution in [0.1, 0.15) is 66.9 Å². The maximum Gasteiger partial charge on any atom is 0.326 e. The molecule has 6 N–H and O–H groups in total. The van der Waals surface area contributed by atoms with E-state index >= 15 is 0 Å². The van der Waals surface area contributed by atoms with Crippen LogP contribution < -0.4 is 5.73 Å². The molecule has 0 aliphatic heterocycles. The molecule has 0 radical (unpaired) electrons. The number of phenolic OH excluding ortho intramolecular Hbond substituents is 2. The number of carboxylic acid groups (broad SMARTS) is 1. The average molecular weight is 609 g/mol. The van der Waals surface area contributed by atoms with Gasteiger partial charge in [0, 0.05) is 6.54 Å². The number of rotatable bonds is 13. The van der Waals surface area contributed by atoms with Gasteiger partial charge in [0.15, 0.2) is 5.96 Å². The van der Waals surface area contributed by atoms with E-state index in [1.807, 2.05) is 67.6 Å². The van der Waals surface area contributed by atoms with E-state index in [1.165, 1.54) is 17.0 Å². The summed E-state index contributed by atoms with van der Waals surface area (Å²) < 4.78 is 0. The number of carbonyl (C=O) groups excluding carboxylic acids is 1. The first-order chi connectivity index (χ1) is 21.6. The SMILES string of the molecule is CC(c1ccc(O)cc1)N(CCC[C@H](C(=O)O)N(C(=O)C(c1ccccc1)c1ccccc1)[C@H](C)c1ccc(O)cc1)C(=N)N. The van der Waals surface area contributed by atoms with Gasteiger partial charge in [-0.1, -0.05) is 84.9 Å². The minimum atomic E-state index is -1.20. The summed E-state index contributed by atoms with van der Waals surface area (Å²) in [5.41, 5.74) is 8.95. The van der Waals surface area contributed by atoms with Crippen LogP contribution >= 0.6 is 0 Å². The Balaban J connectivity index is 1.69. The topological polar surface area (TPSA) is 151 Å². The Morgan fingerprint density at radius 1 is 0.711 bits per heavy atom. The molecule has 4 aromatic rings. The Bertz CT molecular complexity index is 1520. The Morgan fingerprint density at radius 2 is 1.16 bits per heavy atom. The smallest absolute Gasteiger partial charge is 0.326 e. The van der Waals surface area contributed by atoms with E-state index in [1.54, 1.807) is 48.2 Å². The molecule has 0 saturated heterocycles. The van der Waals surface area contributed by atoms with Crippen molar-refractivity contribution in [1.29, 1.82) is 5.41 Å². The first-order valence-electron chi connectivity index (χ1n) is 14.9. The molecule has 0 fully saturated rings. The van der Waals surface area contributed by atoms with Gasteiger partial charge in [-0.25, -0.2) is 4.79 Å². The highest BCUT2D eigenvalue weighted by Crippen LogP contribution is 2.34. The van der Waals surface area contributed by atoms with Crippen molar-refractivity contribution < 1.29 is 24.9 Å². The lowest BCUT2D eigenvalue weighted by Crippen LogP contribution is -2.49. The summed E-state index contributed by atoms with van der Waals surface area (Å²) >= 11 is 0. The van der Waals surface area contributed by atoms with Crippen molar-refractivity contribution in [3.05, 3.63) is 131 Å². The third kappa shape index (κ3) is 8.00. The number of aliphatic carboxylic acids is 1. The molecule has 9 heteroatoms. The second-order valence-electron chi connectivity index (χ2n) is 11.1. The maximum atomic E-state index is 14.7. The standard InChI is InChI=1S/C36H40N4O5/c1-24(26-15-19-30(41)20-16-26)39(36(37)38)23-9-14-32(35(44)45)40(25(2)27-17-21-31(42)22-18-27)34(43)33(28-10-5-3-6-11-28)29-12-7-4-8-13-29/h3-8,10-13,15-22,24-25,32-33,41-42H,9,14,23H2,1-2H3,(H3,37,38)(H,44,45)/t24?,25-,32-/m1/s1. The quantitative estimate of drug-likeness (QED) is 0.0921. The lowest BCUT2D eigenvalue weighted by Gasteiger charge is -2.38. The van der Waals surface area contributed by atoms with Gasteiger partial charge < -0.3 is 30.9 Å². The Labute approximate surface area is 263 Å². The number of hydrogen-bond donors (Lipinski definition) is 5. The number of nitrogens with zero attached hydrogens (tertiary/aromatic N) is 2. The highest BCUT2D eigenvalue weighted by Gasteiger charge is 2.38. The maximum absolute atomic E-state index is 14.7. The van der Waals surface area contributed by atoms with Gasteiger partial charge in [-0.15, -0.1) is 0 Å². The summed E-state index contributed by atoms with van der Waals surface area (Å²) in [4.78, 5) is 30.8. The highest BCUT2D eigenvalue weighted by atomic mass is 16.4. The average Bonchev–Trinajstić information content (AvgIpc) is 3.03. The molecule has 3 atom stereocenters. The first-order valence-corrected chi connectivity index (χ1v) is 14.9. The molecule has 0 spiro atoms. The minimum Gasteiger partial charge on any atom is -0.508 e. The number of nitrogens with one attached hydrogen (secondary N) is 1. The van der Waals surface area contributed by atoms with Crippen LogP contribution in [0.4, 0.5) is 0 Å². The molecule has 1 amide bonds. The van der Waals surface area contributed by atoms with Crippen LogP contribution in [-0.2, 0) is 9.59 Å². The number of benzene rings is 4. The number of amides is 1. The number of hydrogen-bond acceptors (Lipinski definition) is 5. The normalized spacial score (nSPS) is 13.0. The molecular weight excluding hydrogens is 568 g/mol. The third-order valence-electron chi connectivity index (χ3n) is 8.21. The third-order valence-corrected chi connectivity index (χ3v) is 8.21. The predicted octanol–water partition coefficient (Wildman–Crippen LogP) is 6.01. The van der Waals surface area contributed by atoms with Gasteiger partial charge in [-0.2, -0.15) is 0 Å². The van der Waals surface area contributed by atoms with Crippen molar-refractivity contribution in [3.63, 3.8) is 0 Å². The number of guanidine groups is 1. The molecule has 4 aromatic carbocycles. The molecule has 234 valence electrons. The van der Waals surface area contributed by atoms with Crippen LogP contribution in [0, 0.1) is 5.41 Å². The van der Waals surface area contributed by atoms with Gasteiger partial charge in [0.2, 0.25) is 5.91 Å². The van der Waals surface area contributed by atoms with E-state index in [0.717, 1.165) is 16.7 Å². The van der Waals surface area contributed by atoms with Crippen molar-refractivity contribution in [3.8, 4) is 11.5 Å². The van der Waals surface area contributed by atoms with Gasteiger partial charge >= 0.3 is 5.97 Å². The number of phenols is 2. The second kappa shape index (κ2) is 14.9. The summed E-state index contributed by atoms with van der Waals surface area (Å²) in [6.45, 7) is 3.95. The minimum absolute atomic E-state index is 0.0668. The molecule has 0 heterocycles. The van der Waals surface area contributed by atoms with Crippen LogP contribution in [0.5, 0.6) is 11.5 Å². The van der Waals surface area contributed by atoms with Crippen molar-refractivity contribution >= 4 is 17.8 Å². The zero-order valence-corrected chi connectivity index (χ0v) is 25.5. The zero-order chi connectivity index (χ0) is 32.5. The van der Waals surface area contributed by atoms with E-state index in [4.69, 9.17) is 11.1 Å². The highest BCUT2D eigenvalue weighted by molar-refractivity contribution is 5.91. The van der Waals surface area contributed by atoms with Gasteiger partial charge in [-0.3, -0.25) is 10.2 Å². The fourth-order valence-corrected chi connectivity index (χ4v) is 5.74. The van der Waals surface area contributed by atoms with Gasteiger partial charge in [-0.05, 0) is 73.2 Å². The lowest BCUT2D eigenvalue weighted by molar-refractivity contribution is -0.153. The summed E-state index contributed by atoms with van der Waals surface area (Å²) in [7, 11) is 0. The van der Waals surface area contributed by atoms with Gasteiger partial charge in [0.05, 0.1) is 18.0 Å². The fraction of sp³-hybridized carbons (Fsp3) is 0.250. The number of nitrogens with two attached hydrogens (primary N) is 1. The molecule has 0 aliphatic carbocycles. The molecule has 1 unspecified atom stereocenters. The molecule has 0 saturated carbocycles. The Kier molecular flexibility index (Phi) is 10.8. The number of aromatic hydroxyl groups is 2. The van der Waals surface area contributed by atoms with Gasteiger partial charge in [0.1, 0.15) is 17.5 Å². The molecule has 0 bridgehead atoms. The van der Waals surface area contributed by atoms with Crippen LogP contribution in [0.3, 0.4) is 0 Å². The molecule has 4 rings (SSSR count). The summed E-state index contributed by atoms with van der Waals surface area (Å²) in [5, 5.41) is 38.4. The number of carbonyl (C=O) groups is 2. The van der Waals surface area contributed by atoms with Crippen molar-refractivity contribution in [1.82, 2.24) is 9.80 Å². The first kappa shape index (κ1) is 32.6. The largest absolute Gasteiger partial charge is 0.508 e. The van der Waals surface area contributed by atoms with E-state index in [2.05, 4.69) is 0 Å². The predicted molar refractivity (Wildman–Crippen MR) is 174 cm³/mol. The Hall–Kier alpha value is -5.31. The van der Waals surface area contributed by atoms with Crippen molar-refractivity contribution in [2.45, 2.75) is 50.7 Å². The van der Waals surface area contributed by atoms with Crippen LogP contribution in [0.2, 0.25) is 0 Å². The van der Waals surface area contributed by atoms with Crippen LogP contribution in [0.25, 0.3) is 0 Å². The fourth-order valence-electron chi connectivity index (χ4n) is 5.74. The molecule has 45 heavy (non-hydrogen) atoms. The molecule has 9 nitrogen and oxygen atoms in total. The molecule has 0 aliphatic rings. The van der Waals surface area contributed by atoms with E-state index in [-0.39, 0.29) is 42.4 Å². The monoisotopic (exact) mass is 608 g/mol. The van der Waals surface area contributed by atoms with Gasteiger partial charge in [0.25, 0.3) is 0 Å².